The van der Waals surface area contributed by atoms with Gasteiger partial charge in [-0.2, -0.15) is 0 Å². The van der Waals surface area contributed by atoms with Crippen LogP contribution in [0.5, 0.6) is 0 Å². The number of nitrogens with zero attached hydrogens (tertiary/aromatic N) is 1. The summed E-state index contributed by atoms with van der Waals surface area (Å²) in [5, 5.41) is 13.2. The maximum atomic E-state index is 10.0. The number of aliphatic hydroxyl groups is 1. The van der Waals surface area contributed by atoms with Crippen molar-refractivity contribution in [2.24, 2.45) is 0 Å². The predicted octanol–water partition coefficient (Wildman–Crippen LogP) is -0.711. The van der Waals surface area contributed by atoms with Crippen LogP contribution < -0.4 is 5.32 Å². The lowest BCUT2D eigenvalue weighted by Gasteiger charge is -2.27. The smallest absolute Gasteiger partial charge is 0.0909 e. The molecule has 0 aromatic carbocycles. The maximum Gasteiger partial charge on any atom is 0.0909 e. The van der Waals surface area contributed by atoms with Crippen molar-refractivity contribution in [2.45, 2.75) is 12.0 Å². The summed E-state index contributed by atoms with van der Waals surface area (Å²) < 4.78 is 4.97. The summed E-state index contributed by atoms with van der Waals surface area (Å²) >= 11 is 0. The second-order valence-corrected chi connectivity index (χ2v) is 3.88. The quantitative estimate of drug-likeness (QED) is 0.598. The number of rotatable bonds is 5. The van der Waals surface area contributed by atoms with E-state index in [4.69, 9.17) is 4.74 Å². The molecule has 0 aliphatic carbocycles. The van der Waals surface area contributed by atoms with Crippen molar-refractivity contribution in [2.75, 3.05) is 46.9 Å². The van der Waals surface area contributed by atoms with Crippen LogP contribution in [0.25, 0.3) is 0 Å². The minimum absolute atomic E-state index is 0.525. The summed E-state index contributed by atoms with van der Waals surface area (Å²) in [4.78, 5) is 2.11. The Morgan fingerprint density at radius 1 is 1.62 bits per heavy atom. The lowest BCUT2D eigenvalue weighted by molar-refractivity contribution is 0.0222. The highest BCUT2D eigenvalue weighted by molar-refractivity contribution is 4.89. The molecular weight excluding hydrogens is 168 g/mol. The number of hydrogen-bond donors (Lipinski definition) is 2. The lowest BCUT2D eigenvalue weighted by Crippen LogP contribution is -2.44. The van der Waals surface area contributed by atoms with Crippen molar-refractivity contribution in [3.8, 4) is 0 Å². The van der Waals surface area contributed by atoms with Gasteiger partial charge in [0, 0.05) is 26.7 Å². The van der Waals surface area contributed by atoms with Crippen molar-refractivity contribution in [1.29, 1.82) is 0 Å². The first-order valence-corrected chi connectivity index (χ1v) is 4.77. The molecule has 0 aromatic heterocycles. The number of likely N-dealkylation sites (N-methyl/N-ethyl adjacent to an activating group) is 1. The van der Waals surface area contributed by atoms with Gasteiger partial charge in [0.05, 0.1) is 12.2 Å². The van der Waals surface area contributed by atoms with Crippen molar-refractivity contribution >= 4 is 0 Å². The molecular formula is C9H20N2O2. The van der Waals surface area contributed by atoms with Gasteiger partial charge in [-0.25, -0.2) is 0 Å². The van der Waals surface area contributed by atoms with Crippen molar-refractivity contribution < 1.29 is 9.84 Å². The zero-order valence-corrected chi connectivity index (χ0v) is 8.55. The molecule has 0 amide bonds. The molecule has 0 saturated carbocycles. The van der Waals surface area contributed by atoms with Crippen LogP contribution in [0.4, 0.5) is 0 Å². The fraction of sp³-hybridized carbons (Fsp3) is 1.00. The van der Waals surface area contributed by atoms with E-state index < -0.39 is 5.60 Å². The van der Waals surface area contributed by atoms with Gasteiger partial charge in [-0.1, -0.05) is 0 Å². The molecule has 1 atom stereocenters. The highest BCUT2D eigenvalue weighted by Gasteiger charge is 2.31. The summed E-state index contributed by atoms with van der Waals surface area (Å²) in [6.07, 6.45) is 0.852. The Morgan fingerprint density at radius 3 is 2.92 bits per heavy atom. The number of nitrogens with one attached hydrogen (secondary N) is 1. The van der Waals surface area contributed by atoms with E-state index in [2.05, 4.69) is 10.2 Å². The van der Waals surface area contributed by atoms with Crippen molar-refractivity contribution in [3.05, 3.63) is 0 Å². The fourth-order valence-corrected chi connectivity index (χ4v) is 1.69. The number of β-amino-alcohol motifs (C(OH)–C–C–N with tert-alkyl or cyclic N) is 1. The van der Waals surface area contributed by atoms with E-state index >= 15 is 0 Å². The summed E-state index contributed by atoms with van der Waals surface area (Å²) in [5.74, 6) is 0. The van der Waals surface area contributed by atoms with Crippen LogP contribution in [0.2, 0.25) is 0 Å². The third kappa shape index (κ3) is 3.60. The van der Waals surface area contributed by atoms with E-state index in [1.807, 2.05) is 7.05 Å². The van der Waals surface area contributed by atoms with Crippen LogP contribution in [0.3, 0.4) is 0 Å². The second-order valence-electron chi connectivity index (χ2n) is 3.88. The van der Waals surface area contributed by atoms with Gasteiger partial charge in [-0.05, 0) is 20.0 Å². The fourth-order valence-electron chi connectivity index (χ4n) is 1.69. The average Bonchev–Trinajstić information content (AvgIpc) is 2.48. The predicted molar refractivity (Wildman–Crippen MR) is 51.8 cm³/mol. The van der Waals surface area contributed by atoms with E-state index in [-0.39, 0.29) is 0 Å². The molecule has 1 rings (SSSR count). The van der Waals surface area contributed by atoms with Gasteiger partial charge >= 0.3 is 0 Å². The van der Waals surface area contributed by atoms with Crippen LogP contribution in [0, 0.1) is 0 Å². The highest BCUT2D eigenvalue weighted by Crippen LogP contribution is 2.14. The zero-order chi connectivity index (χ0) is 9.73. The van der Waals surface area contributed by atoms with Crippen molar-refractivity contribution in [3.63, 3.8) is 0 Å². The topological polar surface area (TPSA) is 44.7 Å². The van der Waals surface area contributed by atoms with Crippen LogP contribution in [0.15, 0.2) is 0 Å². The Morgan fingerprint density at radius 2 is 2.38 bits per heavy atom. The van der Waals surface area contributed by atoms with Gasteiger partial charge < -0.3 is 20.1 Å². The van der Waals surface area contributed by atoms with Gasteiger partial charge in [-0.3, -0.25) is 0 Å². The minimum Gasteiger partial charge on any atom is -0.387 e. The number of methoxy groups -OCH3 is 1. The van der Waals surface area contributed by atoms with E-state index in [0.717, 1.165) is 32.7 Å². The third-order valence-electron chi connectivity index (χ3n) is 2.46. The van der Waals surface area contributed by atoms with Gasteiger partial charge in [0.2, 0.25) is 0 Å². The van der Waals surface area contributed by atoms with Crippen LogP contribution >= 0.6 is 0 Å². The zero-order valence-electron chi connectivity index (χ0n) is 8.55. The first-order valence-electron chi connectivity index (χ1n) is 4.77. The van der Waals surface area contributed by atoms with Crippen LogP contribution in [-0.2, 0) is 4.74 Å². The molecule has 0 spiro atoms. The molecule has 4 heteroatoms. The van der Waals surface area contributed by atoms with E-state index in [1.165, 1.54) is 0 Å². The van der Waals surface area contributed by atoms with Crippen LogP contribution in [-0.4, -0.2) is 62.6 Å². The molecule has 78 valence electrons. The molecule has 13 heavy (non-hydrogen) atoms. The molecule has 1 fully saturated rings. The molecule has 1 aliphatic heterocycles. The molecule has 2 N–H and O–H groups in total. The Kier molecular flexibility index (Phi) is 4.12. The van der Waals surface area contributed by atoms with Gasteiger partial charge in [-0.15, -0.1) is 0 Å². The Hall–Kier alpha value is -0.160. The molecule has 0 radical (unpaired) electrons. The van der Waals surface area contributed by atoms with Crippen LogP contribution in [0.1, 0.15) is 6.42 Å². The molecule has 1 aliphatic rings. The Balaban J connectivity index is 2.21. The third-order valence-corrected chi connectivity index (χ3v) is 2.46. The summed E-state index contributed by atoms with van der Waals surface area (Å²) in [6, 6.07) is 0. The van der Waals surface area contributed by atoms with Gasteiger partial charge in [0.1, 0.15) is 0 Å². The standard InChI is InChI=1S/C9H20N2O2/c1-11(5-6-13-2)8-9(12)3-4-10-7-9/h10,12H,3-8H2,1-2H3. The lowest BCUT2D eigenvalue weighted by atomic mass is 10.0. The van der Waals surface area contributed by atoms with E-state index in [0.29, 0.717) is 6.54 Å². The molecule has 1 unspecified atom stereocenters. The number of hydrogen-bond acceptors (Lipinski definition) is 4. The normalized spacial score (nSPS) is 28.6. The first-order chi connectivity index (χ1) is 6.16. The monoisotopic (exact) mass is 188 g/mol. The summed E-state index contributed by atoms with van der Waals surface area (Å²) in [7, 11) is 3.70. The summed E-state index contributed by atoms with van der Waals surface area (Å²) in [5.41, 5.74) is -0.525. The summed E-state index contributed by atoms with van der Waals surface area (Å²) in [6.45, 7) is 3.96. The molecule has 0 aromatic rings. The average molecular weight is 188 g/mol. The molecule has 0 bridgehead atoms. The second kappa shape index (κ2) is 4.91. The molecule has 1 heterocycles. The molecule has 1 saturated heterocycles. The SMILES string of the molecule is COCCN(C)CC1(O)CCNC1. The first kappa shape index (κ1) is 10.9. The molecule has 4 nitrogen and oxygen atoms in total. The minimum atomic E-state index is -0.525. The van der Waals surface area contributed by atoms with Crippen molar-refractivity contribution in [1.82, 2.24) is 10.2 Å². The highest BCUT2D eigenvalue weighted by atomic mass is 16.5. The van der Waals surface area contributed by atoms with Gasteiger partial charge in [0.25, 0.3) is 0 Å². The van der Waals surface area contributed by atoms with E-state index in [9.17, 15) is 5.11 Å². The largest absolute Gasteiger partial charge is 0.387 e. The maximum absolute atomic E-state index is 10.0. The van der Waals surface area contributed by atoms with Gasteiger partial charge in [0.15, 0.2) is 0 Å². The van der Waals surface area contributed by atoms with E-state index in [1.54, 1.807) is 7.11 Å². The Labute approximate surface area is 79.9 Å². The number of ether oxygens (including phenoxy) is 1. The Bertz CT molecular complexity index is 147.